The Morgan fingerprint density at radius 3 is 2.25 bits per heavy atom. The van der Waals surface area contributed by atoms with Crippen molar-refractivity contribution in [2.24, 2.45) is 0 Å². The number of thioether (sulfide) groups is 1. The van der Waals surface area contributed by atoms with Crippen molar-refractivity contribution >= 4 is 29.5 Å². The van der Waals surface area contributed by atoms with Crippen molar-refractivity contribution in [3.8, 4) is 0 Å². The summed E-state index contributed by atoms with van der Waals surface area (Å²) in [6.07, 6.45) is 4.31. The summed E-state index contributed by atoms with van der Waals surface area (Å²) in [5, 5.41) is 3.24. The van der Waals surface area contributed by atoms with Crippen LogP contribution < -0.4 is 16.2 Å². The Kier molecular flexibility index (Phi) is 6.13. The molecule has 1 aliphatic carbocycles. The van der Waals surface area contributed by atoms with Gasteiger partial charge in [0.05, 0.1) is 0 Å². The maximum absolute atomic E-state index is 11.8. The number of aromatic nitrogens is 2. The molecule has 0 bridgehead atoms. The molecule has 3 N–H and O–H groups in total. The molecule has 1 aromatic rings. The molecule has 0 aliphatic heterocycles. The summed E-state index contributed by atoms with van der Waals surface area (Å²) in [5.41, 5.74) is 6.96. The third kappa shape index (κ3) is 5.19. The molecule has 1 aliphatic rings. The van der Waals surface area contributed by atoms with E-state index in [0.717, 1.165) is 29.8 Å². The van der Waals surface area contributed by atoms with Crippen LogP contribution in [-0.4, -0.2) is 40.0 Å². The third-order valence-corrected chi connectivity index (χ3v) is 4.17. The van der Waals surface area contributed by atoms with Crippen LogP contribution in [0.1, 0.15) is 36.2 Å². The monoisotopic (exact) mass is 351 g/mol. The van der Waals surface area contributed by atoms with Crippen LogP contribution in [0.3, 0.4) is 0 Å². The Hall–Kier alpha value is -2.16. The fourth-order valence-corrected chi connectivity index (χ4v) is 2.58. The van der Waals surface area contributed by atoms with Gasteiger partial charge in [-0.05, 0) is 44.9 Å². The molecule has 1 saturated carbocycles. The molecule has 8 nitrogen and oxygen atoms in total. The summed E-state index contributed by atoms with van der Waals surface area (Å²) in [5.74, 6) is -1.98. The SMILES string of the molecule is CSc1nc(C)c(CCC(=O)NNC(=O)C(=O)NC2CC2)c(C)n1. The highest BCUT2D eigenvalue weighted by atomic mass is 32.2. The zero-order valence-electron chi connectivity index (χ0n) is 13.9. The highest BCUT2D eigenvalue weighted by molar-refractivity contribution is 7.98. The van der Waals surface area contributed by atoms with Crippen LogP contribution in [0.2, 0.25) is 0 Å². The lowest BCUT2D eigenvalue weighted by Crippen LogP contribution is -2.49. The third-order valence-electron chi connectivity index (χ3n) is 3.62. The predicted molar refractivity (Wildman–Crippen MR) is 89.1 cm³/mol. The number of rotatable bonds is 5. The minimum absolute atomic E-state index is 0.0918. The highest BCUT2D eigenvalue weighted by Crippen LogP contribution is 2.18. The van der Waals surface area contributed by atoms with E-state index in [2.05, 4.69) is 26.1 Å². The molecule has 0 unspecified atom stereocenters. The molecule has 24 heavy (non-hydrogen) atoms. The Labute approximate surface area is 144 Å². The second-order valence-electron chi connectivity index (χ2n) is 5.61. The van der Waals surface area contributed by atoms with Gasteiger partial charge >= 0.3 is 11.8 Å². The number of hydrogen-bond donors (Lipinski definition) is 3. The second kappa shape index (κ2) is 8.09. The first-order valence-electron chi connectivity index (χ1n) is 7.68. The summed E-state index contributed by atoms with van der Waals surface area (Å²) in [7, 11) is 0. The van der Waals surface area contributed by atoms with E-state index < -0.39 is 11.8 Å². The quantitative estimate of drug-likeness (QED) is 0.302. The molecule has 1 fully saturated rings. The van der Waals surface area contributed by atoms with Gasteiger partial charge in [0.1, 0.15) is 0 Å². The van der Waals surface area contributed by atoms with E-state index in [4.69, 9.17) is 0 Å². The summed E-state index contributed by atoms with van der Waals surface area (Å²) >= 11 is 1.47. The minimum Gasteiger partial charge on any atom is -0.345 e. The van der Waals surface area contributed by atoms with Crippen molar-refractivity contribution in [2.75, 3.05) is 6.26 Å². The number of hydrazine groups is 1. The molecule has 1 aromatic heterocycles. The molecule has 0 atom stereocenters. The molecule has 3 amide bonds. The first-order chi connectivity index (χ1) is 11.4. The van der Waals surface area contributed by atoms with Crippen molar-refractivity contribution < 1.29 is 14.4 Å². The van der Waals surface area contributed by atoms with Gasteiger partial charge in [-0.25, -0.2) is 9.97 Å². The van der Waals surface area contributed by atoms with Crippen LogP contribution >= 0.6 is 11.8 Å². The first kappa shape index (κ1) is 18.2. The number of nitrogens with zero attached hydrogens (tertiary/aromatic N) is 2. The van der Waals surface area contributed by atoms with Crippen LogP contribution in [0.5, 0.6) is 0 Å². The van der Waals surface area contributed by atoms with Gasteiger partial charge in [-0.15, -0.1) is 0 Å². The smallest absolute Gasteiger partial charge is 0.327 e. The fourth-order valence-electron chi connectivity index (χ4n) is 2.12. The van der Waals surface area contributed by atoms with Gasteiger partial charge in [0.15, 0.2) is 5.16 Å². The van der Waals surface area contributed by atoms with E-state index in [-0.39, 0.29) is 18.4 Å². The Morgan fingerprint density at radius 2 is 1.71 bits per heavy atom. The van der Waals surface area contributed by atoms with Crippen molar-refractivity contribution in [2.45, 2.75) is 50.7 Å². The van der Waals surface area contributed by atoms with E-state index >= 15 is 0 Å². The Bertz CT molecular complexity index is 638. The molecule has 1 heterocycles. The molecule has 0 spiro atoms. The molecule has 0 saturated heterocycles. The van der Waals surface area contributed by atoms with E-state index in [1.165, 1.54) is 11.8 Å². The molecule has 2 rings (SSSR count). The molecule has 0 aromatic carbocycles. The second-order valence-corrected chi connectivity index (χ2v) is 6.38. The van der Waals surface area contributed by atoms with Gasteiger partial charge in [-0.1, -0.05) is 11.8 Å². The van der Waals surface area contributed by atoms with E-state index in [0.29, 0.717) is 11.6 Å². The molecular weight excluding hydrogens is 330 g/mol. The predicted octanol–water partition coefficient (Wildman–Crippen LogP) is 0.174. The van der Waals surface area contributed by atoms with Crippen LogP contribution in [0.4, 0.5) is 0 Å². The standard InChI is InChI=1S/C15H21N5O3S/c1-8-11(9(2)17-15(16-8)24-3)6-7-12(21)19-20-14(23)13(22)18-10-4-5-10/h10H,4-7H2,1-3H3,(H,18,22)(H,19,21)(H,20,23). The summed E-state index contributed by atoms with van der Waals surface area (Å²) in [6, 6.07) is 0.0918. The average molecular weight is 351 g/mol. The van der Waals surface area contributed by atoms with Gasteiger partial charge in [0.25, 0.3) is 0 Å². The largest absolute Gasteiger partial charge is 0.345 e. The normalized spacial score (nSPS) is 13.3. The first-order valence-corrected chi connectivity index (χ1v) is 8.91. The van der Waals surface area contributed by atoms with Crippen LogP contribution in [-0.2, 0) is 20.8 Å². The zero-order valence-corrected chi connectivity index (χ0v) is 14.7. The summed E-state index contributed by atoms with van der Waals surface area (Å²) in [4.78, 5) is 43.5. The van der Waals surface area contributed by atoms with Crippen molar-refractivity contribution in [3.05, 3.63) is 17.0 Å². The van der Waals surface area contributed by atoms with E-state index in [9.17, 15) is 14.4 Å². The van der Waals surface area contributed by atoms with Crippen molar-refractivity contribution in [1.82, 2.24) is 26.1 Å². The lowest BCUT2D eigenvalue weighted by atomic mass is 10.1. The average Bonchev–Trinajstić information content (AvgIpc) is 3.35. The number of carbonyl (C=O) groups is 3. The van der Waals surface area contributed by atoms with Crippen LogP contribution in [0.25, 0.3) is 0 Å². The molecule has 0 radical (unpaired) electrons. The van der Waals surface area contributed by atoms with Gasteiger partial charge in [-0.3, -0.25) is 25.2 Å². The van der Waals surface area contributed by atoms with E-state index in [1.807, 2.05) is 20.1 Å². The molecule has 130 valence electrons. The minimum atomic E-state index is -0.865. The zero-order chi connectivity index (χ0) is 17.7. The number of amides is 3. The van der Waals surface area contributed by atoms with Gasteiger partial charge < -0.3 is 5.32 Å². The lowest BCUT2D eigenvalue weighted by Gasteiger charge is -2.10. The number of hydrogen-bond acceptors (Lipinski definition) is 6. The summed E-state index contributed by atoms with van der Waals surface area (Å²) < 4.78 is 0. The maximum Gasteiger partial charge on any atom is 0.327 e. The van der Waals surface area contributed by atoms with Crippen LogP contribution in [0.15, 0.2) is 5.16 Å². The topological polar surface area (TPSA) is 113 Å². The Balaban J connectivity index is 1.78. The Morgan fingerprint density at radius 1 is 1.08 bits per heavy atom. The molecular formula is C15H21N5O3S. The molecule has 9 heteroatoms. The lowest BCUT2D eigenvalue weighted by molar-refractivity contribution is -0.141. The fraction of sp³-hybridized carbons (Fsp3) is 0.533. The number of carbonyl (C=O) groups excluding carboxylic acids is 3. The van der Waals surface area contributed by atoms with Gasteiger partial charge in [0.2, 0.25) is 5.91 Å². The van der Waals surface area contributed by atoms with Gasteiger partial charge in [-0.2, -0.15) is 0 Å². The van der Waals surface area contributed by atoms with Crippen LogP contribution in [0, 0.1) is 13.8 Å². The number of nitrogens with one attached hydrogen (secondary N) is 3. The van der Waals surface area contributed by atoms with Crippen molar-refractivity contribution in [3.63, 3.8) is 0 Å². The highest BCUT2D eigenvalue weighted by Gasteiger charge is 2.26. The van der Waals surface area contributed by atoms with Crippen molar-refractivity contribution in [1.29, 1.82) is 0 Å². The van der Waals surface area contributed by atoms with Gasteiger partial charge in [0, 0.05) is 23.9 Å². The van der Waals surface area contributed by atoms with E-state index in [1.54, 1.807) is 0 Å². The number of aryl methyl sites for hydroxylation is 2. The maximum atomic E-state index is 11.8. The summed E-state index contributed by atoms with van der Waals surface area (Å²) in [6.45, 7) is 3.76.